The second kappa shape index (κ2) is 8.81. The Morgan fingerprint density at radius 1 is 1.00 bits per heavy atom. The number of nitro benzene ring substituents is 1. The monoisotopic (exact) mass is 481 g/mol. The molecule has 0 saturated carbocycles. The van der Waals surface area contributed by atoms with Gasteiger partial charge in [0.1, 0.15) is 5.76 Å². The van der Waals surface area contributed by atoms with E-state index in [-0.39, 0.29) is 22.6 Å². The van der Waals surface area contributed by atoms with Gasteiger partial charge in [0.15, 0.2) is 0 Å². The zero-order valence-corrected chi connectivity index (χ0v) is 19.7. The summed E-state index contributed by atoms with van der Waals surface area (Å²) in [6, 6.07) is 19.4. The Hall–Kier alpha value is -4.72. The molecule has 0 bridgehead atoms. The van der Waals surface area contributed by atoms with Crippen LogP contribution in [0.5, 0.6) is 0 Å². The van der Waals surface area contributed by atoms with Crippen molar-refractivity contribution < 1.29 is 19.6 Å². The number of aromatic nitrogens is 1. The summed E-state index contributed by atoms with van der Waals surface area (Å²) in [7, 11) is 1.88. The Bertz CT molecular complexity index is 1550. The Labute approximate surface area is 206 Å². The van der Waals surface area contributed by atoms with Gasteiger partial charge in [0.2, 0.25) is 0 Å². The molecule has 8 nitrogen and oxygen atoms in total. The molecular weight excluding hydrogens is 458 g/mol. The Kier molecular flexibility index (Phi) is 5.64. The number of hydrogen-bond acceptors (Lipinski definition) is 5. The van der Waals surface area contributed by atoms with Gasteiger partial charge in [0.25, 0.3) is 17.4 Å². The zero-order chi connectivity index (χ0) is 25.6. The summed E-state index contributed by atoms with van der Waals surface area (Å²) in [6.45, 7) is 2.03. The zero-order valence-electron chi connectivity index (χ0n) is 19.7. The predicted octanol–water partition coefficient (Wildman–Crippen LogP) is 5.28. The number of fused-ring (bicyclic) bond motifs is 1. The molecule has 1 aliphatic rings. The molecule has 3 aromatic carbocycles. The highest BCUT2D eigenvalue weighted by Gasteiger charge is 2.47. The number of aryl methyl sites for hydroxylation is 2. The summed E-state index contributed by atoms with van der Waals surface area (Å²) in [5.74, 6) is -1.95. The van der Waals surface area contributed by atoms with E-state index in [4.69, 9.17) is 0 Å². The van der Waals surface area contributed by atoms with Crippen molar-refractivity contribution in [2.24, 2.45) is 7.05 Å². The lowest BCUT2D eigenvalue weighted by molar-refractivity contribution is -0.384. The van der Waals surface area contributed by atoms with Crippen molar-refractivity contribution in [3.63, 3.8) is 0 Å². The first-order chi connectivity index (χ1) is 17.3. The number of non-ortho nitro benzene ring substituents is 1. The number of ketones is 1. The van der Waals surface area contributed by atoms with Gasteiger partial charge in [-0.05, 0) is 42.3 Å². The molecule has 180 valence electrons. The number of anilines is 1. The van der Waals surface area contributed by atoms with Crippen LogP contribution < -0.4 is 4.90 Å². The predicted molar refractivity (Wildman–Crippen MR) is 137 cm³/mol. The number of Topliss-reactive ketones (excluding diaryl/α,β-unsaturated/α-hetero) is 1. The number of para-hydroxylation sites is 1. The van der Waals surface area contributed by atoms with Crippen LogP contribution >= 0.6 is 0 Å². The summed E-state index contributed by atoms with van der Waals surface area (Å²) < 4.78 is 1.91. The SMILES string of the molecule is CCc1ccc(N2C(=O)C(=O)/C(=C(/O)c3ccc([N+](=O)[O-])cc3)C2c2cn(C)c3ccccc23)cc1. The van der Waals surface area contributed by atoms with Gasteiger partial charge in [-0.15, -0.1) is 0 Å². The Morgan fingerprint density at radius 3 is 2.31 bits per heavy atom. The van der Waals surface area contributed by atoms with E-state index in [0.717, 1.165) is 22.9 Å². The number of aliphatic hydroxyl groups excluding tert-OH is 1. The maximum Gasteiger partial charge on any atom is 0.300 e. The van der Waals surface area contributed by atoms with Gasteiger partial charge in [0.05, 0.1) is 16.5 Å². The van der Waals surface area contributed by atoms with Gasteiger partial charge in [-0.25, -0.2) is 0 Å². The third-order valence-electron chi connectivity index (χ3n) is 6.64. The third-order valence-corrected chi connectivity index (χ3v) is 6.64. The largest absolute Gasteiger partial charge is 0.507 e. The van der Waals surface area contributed by atoms with Crippen LogP contribution in [0.25, 0.3) is 16.7 Å². The number of benzene rings is 3. The van der Waals surface area contributed by atoms with Crippen LogP contribution in [-0.4, -0.2) is 26.3 Å². The summed E-state index contributed by atoms with van der Waals surface area (Å²) in [5, 5.41) is 23.2. The van der Waals surface area contributed by atoms with Crippen LogP contribution in [0.2, 0.25) is 0 Å². The highest BCUT2D eigenvalue weighted by molar-refractivity contribution is 6.51. The number of rotatable bonds is 5. The van der Waals surface area contributed by atoms with Gasteiger partial charge in [0, 0.05) is 53.1 Å². The summed E-state index contributed by atoms with van der Waals surface area (Å²) >= 11 is 0. The van der Waals surface area contributed by atoms with E-state index >= 15 is 0 Å². The van der Waals surface area contributed by atoms with E-state index < -0.39 is 22.7 Å². The van der Waals surface area contributed by atoms with Gasteiger partial charge < -0.3 is 9.67 Å². The summed E-state index contributed by atoms with van der Waals surface area (Å²) in [6.07, 6.45) is 2.68. The number of hydrogen-bond donors (Lipinski definition) is 1. The first-order valence-corrected chi connectivity index (χ1v) is 11.5. The van der Waals surface area contributed by atoms with Crippen molar-refractivity contribution in [1.29, 1.82) is 0 Å². The van der Waals surface area contributed by atoms with E-state index in [9.17, 15) is 24.8 Å². The molecule has 4 aromatic rings. The molecule has 1 atom stereocenters. The molecule has 0 spiro atoms. The summed E-state index contributed by atoms with van der Waals surface area (Å²) in [5.41, 5.74) is 3.23. The normalized spacial score (nSPS) is 17.2. The number of carbonyl (C=O) groups is 2. The lowest BCUT2D eigenvalue weighted by Gasteiger charge is -2.25. The first-order valence-electron chi connectivity index (χ1n) is 11.5. The lowest BCUT2D eigenvalue weighted by Crippen LogP contribution is -2.29. The molecule has 0 radical (unpaired) electrons. The van der Waals surface area contributed by atoms with Crippen LogP contribution in [0.1, 0.15) is 29.7 Å². The molecule has 1 amide bonds. The maximum atomic E-state index is 13.4. The average Bonchev–Trinajstić information content (AvgIpc) is 3.37. The quantitative estimate of drug-likeness (QED) is 0.137. The smallest absolute Gasteiger partial charge is 0.300 e. The minimum absolute atomic E-state index is 0.0650. The molecule has 0 aliphatic carbocycles. The molecule has 36 heavy (non-hydrogen) atoms. The molecule has 2 heterocycles. The van der Waals surface area contributed by atoms with Crippen molar-refractivity contribution >= 4 is 39.7 Å². The van der Waals surface area contributed by atoms with Gasteiger partial charge >= 0.3 is 0 Å². The molecule has 5 rings (SSSR count). The van der Waals surface area contributed by atoms with Crippen molar-refractivity contribution in [2.75, 3.05) is 4.90 Å². The molecule has 1 aliphatic heterocycles. The van der Waals surface area contributed by atoms with Crippen LogP contribution in [0.4, 0.5) is 11.4 Å². The molecular formula is C28H23N3O5. The maximum absolute atomic E-state index is 13.4. The third kappa shape index (κ3) is 3.63. The van der Waals surface area contributed by atoms with Crippen LogP contribution in [0.15, 0.2) is 84.6 Å². The van der Waals surface area contributed by atoms with Crippen LogP contribution in [0.3, 0.4) is 0 Å². The number of aliphatic hydroxyl groups is 1. The van der Waals surface area contributed by atoms with Crippen molar-refractivity contribution in [2.45, 2.75) is 19.4 Å². The van der Waals surface area contributed by atoms with Gasteiger partial charge in [-0.2, -0.15) is 0 Å². The summed E-state index contributed by atoms with van der Waals surface area (Å²) in [4.78, 5) is 38.8. The topological polar surface area (TPSA) is 106 Å². The molecule has 1 saturated heterocycles. The van der Waals surface area contributed by atoms with Crippen molar-refractivity contribution in [1.82, 2.24) is 4.57 Å². The minimum Gasteiger partial charge on any atom is -0.507 e. The molecule has 1 fully saturated rings. The molecule has 8 heteroatoms. The van der Waals surface area contributed by atoms with Crippen LogP contribution in [-0.2, 0) is 23.1 Å². The van der Waals surface area contributed by atoms with E-state index in [2.05, 4.69) is 0 Å². The molecule has 1 aromatic heterocycles. The number of carbonyl (C=O) groups excluding carboxylic acids is 2. The fraction of sp³-hybridized carbons (Fsp3) is 0.143. The second-order valence-electron chi connectivity index (χ2n) is 8.71. The fourth-order valence-electron chi connectivity index (χ4n) is 4.77. The Balaban J connectivity index is 1.75. The van der Waals surface area contributed by atoms with E-state index in [1.54, 1.807) is 12.1 Å². The van der Waals surface area contributed by atoms with Crippen molar-refractivity contribution in [3.05, 3.63) is 111 Å². The highest BCUT2D eigenvalue weighted by atomic mass is 16.6. The number of amides is 1. The molecule has 1 N–H and O–H groups in total. The highest BCUT2D eigenvalue weighted by Crippen LogP contribution is 2.44. The van der Waals surface area contributed by atoms with Crippen LogP contribution in [0, 0.1) is 10.1 Å². The lowest BCUT2D eigenvalue weighted by atomic mass is 9.94. The van der Waals surface area contributed by atoms with Gasteiger partial charge in [-0.3, -0.25) is 24.6 Å². The molecule has 1 unspecified atom stereocenters. The minimum atomic E-state index is -0.890. The first kappa shape index (κ1) is 23.0. The average molecular weight is 482 g/mol. The van der Waals surface area contributed by atoms with Crippen molar-refractivity contribution in [3.8, 4) is 0 Å². The van der Waals surface area contributed by atoms with E-state index in [1.165, 1.54) is 29.2 Å². The van der Waals surface area contributed by atoms with E-state index in [0.29, 0.717) is 11.3 Å². The fourth-order valence-corrected chi connectivity index (χ4v) is 4.77. The van der Waals surface area contributed by atoms with Gasteiger partial charge in [-0.1, -0.05) is 37.3 Å². The van der Waals surface area contributed by atoms with E-state index in [1.807, 2.05) is 61.1 Å². The number of nitrogens with zero attached hydrogens (tertiary/aromatic N) is 3. The number of nitro groups is 1. The second-order valence-corrected chi connectivity index (χ2v) is 8.71. The standard InChI is InChI=1S/C28H23N3O5/c1-3-17-8-12-19(13-9-17)30-25(22-16-29(2)23-7-5-4-6-21(22)23)24(27(33)28(30)34)26(32)18-10-14-20(15-11-18)31(35)36/h4-16,25,32H,3H2,1-2H3/b26-24+. The Morgan fingerprint density at radius 2 is 1.67 bits per heavy atom.